The maximum atomic E-state index is 11.0. The maximum Gasteiger partial charge on any atom is 0.126 e. The van der Waals surface area contributed by atoms with Crippen LogP contribution in [0.1, 0.15) is 36.5 Å². The van der Waals surface area contributed by atoms with Crippen molar-refractivity contribution in [2.75, 3.05) is 32.8 Å². The van der Waals surface area contributed by atoms with Crippen LogP contribution in [0.4, 0.5) is 0 Å². The van der Waals surface area contributed by atoms with Crippen molar-refractivity contribution in [2.45, 2.75) is 38.2 Å². The summed E-state index contributed by atoms with van der Waals surface area (Å²) in [6.45, 7) is 5.57. The second-order valence-electron chi connectivity index (χ2n) is 8.63. The second kappa shape index (κ2) is 9.60. The molecule has 1 atom stereocenters. The van der Waals surface area contributed by atoms with Crippen molar-refractivity contribution in [3.05, 3.63) is 58.1 Å². The monoisotopic (exact) mass is 443 g/mol. The number of nitrogens with zero attached hydrogens (tertiary/aromatic N) is 1. The van der Waals surface area contributed by atoms with Gasteiger partial charge in [-0.25, -0.2) is 0 Å². The molecule has 0 bridgehead atoms. The highest BCUT2D eigenvalue weighted by Crippen LogP contribution is 2.46. The number of likely N-dealkylation sites (tertiary alicyclic amines) is 1. The van der Waals surface area contributed by atoms with Gasteiger partial charge >= 0.3 is 0 Å². The molecular formula is C25H30ClNO4. The minimum atomic E-state index is -0.299. The van der Waals surface area contributed by atoms with Gasteiger partial charge in [-0.1, -0.05) is 36.7 Å². The third kappa shape index (κ3) is 4.59. The Morgan fingerprint density at radius 3 is 2.81 bits per heavy atom. The molecule has 166 valence electrons. The van der Waals surface area contributed by atoms with E-state index in [1.807, 2.05) is 24.3 Å². The van der Waals surface area contributed by atoms with Gasteiger partial charge in [0.15, 0.2) is 0 Å². The number of carbonyl (C=O) groups excluding carboxylic acids is 1. The van der Waals surface area contributed by atoms with Crippen LogP contribution < -0.4 is 9.47 Å². The Morgan fingerprint density at radius 1 is 1.29 bits per heavy atom. The van der Waals surface area contributed by atoms with Crippen molar-refractivity contribution in [1.82, 2.24) is 4.90 Å². The molecule has 1 spiro atoms. The number of carbonyl (C=O) groups is 1. The summed E-state index contributed by atoms with van der Waals surface area (Å²) in [7, 11) is 0. The van der Waals surface area contributed by atoms with E-state index in [2.05, 4.69) is 24.0 Å². The van der Waals surface area contributed by atoms with E-state index < -0.39 is 0 Å². The lowest BCUT2D eigenvalue weighted by atomic mass is 9.74. The lowest BCUT2D eigenvalue weighted by Crippen LogP contribution is -2.45. The molecule has 1 unspecified atom stereocenters. The second-order valence-corrected chi connectivity index (χ2v) is 9.03. The number of aryl methyl sites for hydroxylation is 1. The first-order valence-electron chi connectivity index (χ1n) is 11.0. The first-order valence-corrected chi connectivity index (χ1v) is 11.4. The Hall–Kier alpha value is -2.08. The molecule has 0 saturated carbocycles. The van der Waals surface area contributed by atoms with Gasteiger partial charge in [0, 0.05) is 34.2 Å². The zero-order chi connectivity index (χ0) is 21.8. The van der Waals surface area contributed by atoms with Crippen molar-refractivity contribution in [1.29, 1.82) is 0 Å². The van der Waals surface area contributed by atoms with Gasteiger partial charge < -0.3 is 24.3 Å². The maximum absolute atomic E-state index is 11.0. The van der Waals surface area contributed by atoms with Crippen LogP contribution in [-0.2, 0) is 23.2 Å². The molecule has 1 saturated heterocycles. The summed E-state index contributed by atoms with van der Waals surface area (Å²) in [5.41, 5.74) is 3.51. The molecule has 31 heavy (non-hydrogen) atoms. The van der Waals surface area contributed by atoms with Gasteiger partial charge in [0.1, 0.15) is 24.4 Å². The van der Waals surface area contributed by atoms with Gasteiger partial charge in [0.05, 0.1) is 19.1 Å². The van der Waals surface area contributed by atoms with E-state index >= 15 is 0 Å². The van der Waals surface area contributed by atoms with E-state index in [-0.39, 0.29) is 17.9 Å². The minimum Gasteiger partial charge on any atom is -0.492 e. The van der Waals surface area contributed by atoms with Crippen LogP contribution in [0.15, 0.2) is 36.4 Å². The molecule has 0 amide bonds. The van der Waals surface area contributed by atoms with Crippen molar-refractivity contribution in [2.24, 2.45) is 5.92 Å². The number of fused-ring (bicyclic) bond motifs is 2. The molecule has 4 rings (SSSR count). The Bertz CT molecular complexity index is 924. The van der Waals surface area contributed by atoms with Crippen LogP contribution in [0.5, 0.6) is 11.5 Å². The standard InChI is InChI=1S/C25H30ClNO4/c1-2-19-4-3-5-23(26)21(19)16-30-20-6-7-22-24(12-20)31-17-25(22)8-10-27(11-9-25)13-18(14-28)15-29/h3-7,12,14,18,29H,2,8-11,13,15-17H2,1H3. The van der Waals surface area contributed by atoms with Crippen LogP contribution in [0.25, 0.3) is 0 Å². The lowest BCUT2D eigenvalue weighted by molar-refractivity contribution is -0.112. The van der Waals surface area contributed by atoms with Crippen LogP contribution in [0.2, 0.25) is 5.02 Å². The number of hydrogen-bond acceptors (Lipinski definition) is 5. The third-order valence-corrected chi connectivity index (χ3v) is 7.10. The van der Waals surface area contributed by atoms with Gasteiger partial charge in [0.2, 0.25) is 0 Å². The Labute approximate surface area is 188 Å². The predicted octanol–water partition coefficient (Wildman–Crippen LogP) is 4.01. The van der Waals surface area contributed by atoms with E-state index in [1.54, 1.807) is 0 Å². The van der Waals surface area contributed by atoms with Gasteiger partial charge in [-0.05, 0) is 50.0 Å². The summed E-state index contributed by atoms with van der Waals surface area (Å²) in [6.07, 6.45) is 3.73. The number of halogens is 1. The van der Waals surface area contributed by atoms with Crippen molar-refractivity contribution < 1.29 is 19.4 Å². The molecule has 2 aromatic carbocycles. The first-order chi connectivity index (χ1) is 15.1. The molecular weight excluding hydrogens is 414 g/mol. The summed E-state index contributed by atoms with van der Waals surface area (Å²) in [4.78, 5) is 13.3. The number of benzene rings is 2. The molecule has 0 radical (unpaired) electrons. The number of aliphatic hydroxyl groups is 1. The summed E-state index contributed by atoms with van der Waals surface area (Å²) < 4.78 is 12.2. The molecule has 1 fully saturated rings. The van der Waals surface area contributed by atoms with Crippen LogP contribution in [-0.4, -0.2) is 49.1 Å². The Morgan fingerprint density at radius 2 is 2.10 bits per heavy atom. The number of aldehydes is 1. The van der Waals surface area contributed by atoms with Crippen LogP contribution in [0.3, 0.4) is 0 Å². The fourth-order valence-electron chi connectivity index (χ4n) is 4.75. The summed E-state index contributed by atoms with van der Waals surface area (Å²) in [6, 6.07) is 12.1. The zero-order valence-electron chi connectivity index (χ0n) is 18.0. The molecule has 2 aliphatic heterocycles. The molecule has 2 aromatic rings. The molecule has 6 heteroatoms. The summed E-state index contributed by atoms with van der Waals surface area (Å²) in [5, 5.41) is 10.0. The molecule has 0 aliphatic carbocycles. The van der Waals surface area contributed by atoms with Crippen molar-refractivity contribution in [3.63, 3.8) is 0 Å². The SMILES string of the molecule is CCc1cccc(Cl)c1COc1ccc2c(c1)OCC21CCN(CC(C=O)CO)CC1. The molecule has 0 aromatic heterocycles. The third-order valence-electron chi connectivity index (χ3n) is 6.74. The molecule has 2 heterocycles. The molecule has 5 nitrogen and oxygen atoms in total. The smallest absolute Gasteiger partial charge is 0.126 e. The fraction of sp³-hybridized carbons (Fsp3) is 0.480. The van der Waals surface area contributed by atoms with E-state index in [9.17, 15) is 9.90 Å². The quantitative estimate of drug-likeness (QED) is 0.624. The number of ether oxygens (including phenoxy) is 2. The number of rotatable bonds is 8. The zero-order valence-corrected chi connectivity index (χ0v) is 18.7. The van der Waals surface area contributed by atoms with Gasteiger partial charge in [-0.2, -0.15) is 0 Å². The van der Waals surface area contributed by atoms with E-state index in [0.29, 0.717) is 19.8 Å². The van der Waals surface area contributed by atoms with Crippen molar-refractivity contribution in [3.8, 4) is 11.5 Å². The highest BCUT2D eigenvalue weighted by atomic mass is 35.5. The lowest BCUT2D eigenvalue weighted by Gasteiger charge is -2.39. The largest absolute Gasteiger partial charge is 0.492 e. The van der Waals surface area contributed by atoms with E-state index in [1.165, 1.54) is 11.1 Å². The number of piperidine rings is 1. The summed E-state index contributed by atoms with van der Waals surface area (Å²) in [5.74, 6) is 1.39. The Balaban J connectivity index is 1.42. The average molecular weight is 444 g/mol. The van der Waals surface area contributed by atoms with E-state index in [0.717, 1.165) is 60.7 Å². The topological polar surface area (TPSA) is 59.0 Å². The molecule has 2 aliphatic rings. The number of aliphatic hydroxyl groups excluding tert-OH is 1. The van der Waals surface area contributed by atoms with Gasteiger partial charge in [-0.3, -0.25) is 0 Å². The van der Waals surface area contributed by atoms with Crippen LogP contribution >= 0.6 is 11.6 Å². The molecule has 1 N–H and O–H groups in total. The van der Waals surface area contributed by atoms with Gasteiger partial charge in [0.25, 0.3) is 0 Å². The van der Waals surface area contributed by atoms with Gasteiger partial charge in [-0.15, -0.1) is 0 Å². The van der Waals surface area contributed by atoms with Crippen LogP contribution in [0, 0.1) is 5.92 Å². The first kappa shape index (κ1) is 22.1. The highest BCUT2D eigenvalue weighted by Gasteiger charge is 2.43. The average Bonchev–Trinajstić information content (AvgIpc) is 3.15. The minimum absolute atomic E-state index is 0.0262. The fourth-order valence-corrected chi connectivity index (χ4v) is 5.00. The normalized spacial score (nSPS) is 18.4. The highest BCUT2D eigenvalue weighted by molar-refractivity contribution is 6.31. The Kier molecular flexibility index (Phi) is 6.85. The van der Waals surface area contributed by atoms with E-state index in [4.69, 9.17) is 21.1 Å². The predicted molar refractivity (Wildman–Crippen MR) is 121 cm³/mol. The summed E-state index contributed by atoms with van der Waals surface area (Å²) >= 11 is 6.39. The van der Waals surface area contributed by atoms with Crippen molar-refractivity contribution >= 4 is 17.9 Å². The number of hydrogen-bond donors (Lipinski definition) is 1.